The van der Waals surface area contributed by atoms with Crippen LogP contribution in [-0.4, -0.2) is 16.7 Å². The van der Waals surface area contributed by atoms with Gasteiger partial charge in [-0.3, -0.25) is 14.5 Å². The summed E-state index contributed by atoms with van der Waals surface area (Å²) < 4.78 is 0. The lowest BCUT2D eigenvalue weighted by molar-refractivity contribution is -0.135. The van der Waals surface area contributed by atoms with Crippen molar-refractivity contribution in [3.8, 4) is 0 Å². The van der Waals surface area contributed by atoms with E-state index >= 15 is 0 Å². The molecule has 3 nitrogen and oxygen atoms in total. The van der Waals surface area contributed by atoms with E-state index in [-0.39, 0.29) is 11.8 Å². The van der Waals surface area contributed by atoms with E-state index in [0.717, 1.165) is 0 Å². The summed E-state index contributed by atoms with van der Waals surface area (Å²) in [4.78, 5) is 22.8. The molecule has 1 aliphatic heterocycles. The molecule has 1 heterocycles. The second kappa shape index (κ2) is 2.64. The van der Waals surface area contributed by atoms with Crippen LogP contribution in [0.2, 0.25) is 0 Å². The first-order valence-corrected chi connectivity index (χ1v) is 3.23. The van der Waals surface area contributed by atoms with Crippen molar-refractivity contribution in [3.05, 3.63) is 12.3 Å². The van der Waals surface area contributed by atoms with Gasteiger partial charge in [-0.05, 0) is 6.92 Å². The maximum Gasteiger partial charge on any atom is 0.233 e. The molecule has 3 heteroatoms. The van der Waals surface area contributed by atoms with E-state index < -0.39 is 0 Å². The molecule has 0 spiro atoms. The zero-order valence-electron chi connectivity index (χ0n) is 5.83. The minimum Gasteiger partial charge on any atom is -0.274 e. The predicted octanol–water partition coefficient (Wildman–Crippen LogP) is 0.669. The number of likely N-dealkylation sites (tertiary alicyclic amines) is 1. The molecule has 0 N–H and O–H groups in total. The van der Waals surface area contributed by atoms with Gasteiger partial charge in [0.1, 0.15) is 0 Å². The van der Waals surface area contributed by atoms with Crippen LogP contribution in [0.3, 0.4) is 0 Å². The Morgan fingerprint density at radius 3 is 2.20 bits per heavy atom. The zero-order chi connectivity index (χ0) is 7.56. The van der Waals surface area contributed by atoms with E-state index in [0.29, 0.717) is 12.8 Å². The molecule has 2 amide bonds. The van der Waals surface area contributed by atoms with Gasteiger partial charge in [-0.25, -0.2) is 0 Å². The van der Waals surface area contributed by atoms with Gasteiger partial charge in [-0.2, -0.15) is 0 Å². The van der Waals surface area contributed by atoms with Gasteiger partial charge < -0.3 is 0 Å². The maximum absolute atomic E-state index is 10.8. The first-order chi connectivity index (χ1) is 4.75. The van der Waals surface area contributed by atoms with E-state index in [1.54, 1.807) is 13.0 Å². The maximum atomic E-state index is 10.8. The quantitative estimate of drug-likeness (QED) is 0.501. The number of carbonyl (C=O) groups excluding carboxylic acids is 2. The Kier molecular flexibility index (Phi) is 1.85. The van der Waals surface area contributed by atoms with E-state index in [2.05, 4.69) is 0 Å². The normalized spacial score (nSPS) is 19.5. The van der Waals surface area contributed by atoms with Crippen molar-refractivity contribution in [2.45, 2.75) is 19.8 Å². The number of nitrogens with zero attached hydrogens (tertiary/aromatic N) is 1. The van der Waals surface area contributed by atoms with Gasteiger partial charge in [0.2, 0.25) is 11.8 Å². The topological polar surface area (TPSA) is 37.4 Å². The lowest BCUT2D eigenvalue weighted by Crippen LogP contribution is -2.22. The minimum absolute atomic E-state index is 0.0944. The standard InChI is InChI=1S/C7H9NO2/c1-2-5-8-6(9)3-4-7(8)10/h2,5H,3-4H2,1H3. The second-order valence-corrected chi connectivity index (χ2v) is 2.14. The molecule has 10 heavy (non-hydrogen) atoms. The highest BCUT2D eigenvalue weighted by Gasteiger charge is 2.26. The summed E-state index contributed by atoms with van der Waals surface area (Å²) in [7, 11) is 0. The van der Waals surface area contributed by atoms with Gasteiger partial charge in [0.05, 0.1) is 0 Å². The van der Waals surface area contributed by atoms with Gasteiger partial charge in [0.15, 0.2) is 0 Å². The average molecular weight is 139 g/mol. The van der Waals surface area contributed by atoms with Gasteiger partial charge in [0, 0.05) is 19.0 Å². The molecular formula is C7H9NO2. The smallest absolute Gasteiger partial charge is 0.233 e. The molecule has 0 aromatic carbocycles. The van der Waals surface area contributed by atoms with Crippen LogP contribution >= 0.6 is 0 Å². The molecule has 0 unspecified atom stereocenters. The molecule has 0 aliphatic carbocycles. The monoisotopic (exact) mass is 139 g/mol. The van der Waals surface area contributed by atoms with Crippen LogP contribution < -0.4 is 0 Å². The molecule has 0 aromatic heterocycles. The van der Waals surface area contributed by atoms with Gasteiger partial charge >= 0.3 is 0 Å². The first-order valence-electron chi connectivity index (χ1n) is 3.23. The fraction of sp³-hybridized carbons (Fsp3) is 0.429. The summed E-state index contributed by atoms with van der Waals surface area (Å²) in [5.74, 6) is -0.189. The minimum atomic E-state index is -0.0944. The van der Waals surface area contributed by atoms with E-state index in [9.17, 15) is 9.59 Å². The number of allylic oxidation sites excluding steroid dienone is 1. The molecular weight excluding hydrogens is 130 g/mol. The number of hydrogen-bond acceptors (Lipinski definition) is 2. The average Bonchev–Trinajstić information content (AvgIpc) is 2.20. The Balaban J connectivity index is 2.72. The summed E-state index contributed by atoms with van der Waals surface area (Å²) in [5.41, 5.74) is 0. The highest BCUT2D eigenvalue weighted by molar-refractivity contribution is 6.02. The molecule has 0 atom stereocenters. The molecule has 1 saturated heterocycles. The van der Waals surface area contributed by atoms with Crippen molar-refractivity contribution in [2.24, 2.45) is 0 Å². The van der Waals surface area contributed by atoms with Crippen molar-refractivity contribution >= 4 is 11.8 Å². The Bertz CT molecular complexity index is 180. The number of carbonyl (C=O) groups is 2. The summed E-state index contributed by atoms with van der Waals surface area (Å²) in [5, 5.41) is 0. The van der Waals surface area contributed by atoms with E-state index in [4.69, 9.17) is 0 Å². The first kappa shape index (κ1) is 6.99. The summed E-state index contributed by atoms with van der Waals surface area (Å²) in [6, 6.07) is 0. The van der Waals surface area contributed by atoms with Crippen LogP contribution in [0, 0.1) is 0 Å². The van der Waals surface area contributed by atoms with Crippen LogP contribution in [0.15, 0.2) is 12.3 Å². The summed E-state index contributed by atoms with van der Waals surface area (Å²) in [6.07, 6.45) is 3.92. The SMILES string of the molecule is CC=CN1C(=O)CCC1=O. The van der Waals surface area contributed by atoms with Gasteiger partial charge in [0.25, 0.3) is 0 Å². The fourth-order valence-electron chi connectivity index (χ4n) is 0.909. The predicted molar refractivity (Wildman–Crippen MR) is 35.9 cm³/mol. The lowest BCUT2D eigenvalue weighted by Gasteiger charge is -2.04. The molecule has 0 bridgehead atoms. The van der Waals surface area contributed by atoms with Gasteiger partial charge in [-0.15, -0.1) is 0 Å². The second-order valence-electron chi connectivity index (χ2n) is 2.14. The molecule has 1 fully saturated rings. The molecule has 1 aliphatic rings. The van der Waals surface area contributed by atoms with E-state index in [1.165, 1.54) is 11.1 Å². The number of amides is 2. The van der Waals surface area contributed by atoms with Crippen molar-refractivity contribution < 1.29 is 9.59 Å². The third-order valence-corrected chi connectivity index (χ3v) is 1.39. The Labute approximate surface area is 59.3 Å². The zero-order valence-corrected chi connectivity index (χ0v) is 5.83. The highest BCUT2D eigenvalue weighted by Crippen LogP contribution is 2.11. The van der Waals surface area contributed by atoms with Crippen LogP contribution in [0.1, 0.15) is 19.8 Å². The van der Waals surface area contributed by atoms with Crippen molar-refractivity contribution in [1.29, 1.82) is 0 Å². The molecule has 0 radical (unpaired) electrons. The number of hydrogen-bond donors (Lipinski definition) is 0. The third-order valence-electron chi connectivity index (χ3n) is 1.39. The Morgan fingerprint density at radius 1 is 1.30 bits per heavy atom. The summed E-state index contributed by atoms with van der Waals surface area (Å²) in [6.45, 7) is 1.78. The van der Waals surface area contributed by atoms with Crippen LogP contribution in [-0.2, 0) is 9.59 Å². The van der Waals surface area contributed by atoms with Crippen molar-refractivity contribution in [1.82, 2.24) is 4.90 Å². The third kappa shape index (κ3) is 1.07. The highest BCUT2D eigenvalue weighted by atomic mass is 16.2. The number of rotatable bonds is 1. The molecule has 0 aromatic rings. The van der Waals surface area contributed by atoms with Crippen molar-refractivity contribution in [3.63, 3.8) is 0 Å². The Morgan fingerprint density at radius 2 is 1.80 bits per heavy atom. The Hall–Kier alpha value is -1.12. The number of imide groups is 1. The van der Waals surface area contributed by atoms with Crippen LogP contribution in [0.25, 0.3) is 0 Å². The summed E-state index contributed by atoms with van der Waals surface area (Å²) >= 11 is 0. The fourth-order valence-corrected chi connectivity index (χ4v) is 0.909. The van der Waals surface area contributed by atoms with Crippen molar-refractivity contribution in [2.75, 3.05) is 0 Å². The largest absolute Gasteiger partial charge is 0.274 e. The molecule has 54 valence electrons. The van der Waals surface area contributed by atoms with E-state index in [1.807, 2.05) is 0 Å². The van der Waals surface area contributed by atoms with Crippen LogP contribution in [0.4, 0.5) is 0 Å². The lowest BCUT2D eigenvalue weighted by atomic mass is 10.4. The molecule has 1 rings (SSSR count). The van der Waals surface area contributed by atoms with Crippen LogP contribution in [0.5, 0.6) is 0 Å². The molecule has 0 saturated carbocycles. The van der Waals surface area contributed by atoms with Gasteiger partial charge in [-0.1, -0.05) is 6.08 Å².